The van der Waals surface area contributed by atoms with Gasteiger partial charge in [-0.2, -0.15) is 5.26 Å². The first kappa shape index (κ1) is 15.7. The summed E-state index contributed by atoms with van der Waals surface area (Å²) in [6.07, 6.45) is -0.177. The molecule has 0 spiro atoms. The van der Waals surface area contributed by atoms with Crippen molar-refractivity contribution in [1.29, 1.82) is 5.26 Å². The van der Waals surface area contributed by atoms with E-state index in [0.29, 0.717) is 17.5 Å². The van der Waals surface area contributed by atoms with Crippen LogP contribution in [0.2, 0.25) is 0 Å². The van der Waals surface area contributed by atoms with Gasteiger partial charge in [0, 0.05) is 11.6 Å². The van der Waals surface area contributed by atoms with Gasteiger partial charge < -0.3 is 10.4 Å². The molecule has 0 aliphatic carbocycles. The number of aliphatic hydroxyl groups excluding tert-OH is 1. The molecule has 112 valence electrons. The summed E-state index contributed by atoms with van der Waals surface area (Å²) in [6, 6.07) is 17.7. The summed E-state index contributed by atoms with van der Waals surface area (Å²) in [4.78, 5) is 12.1. The van der Waals surface area contributed by atoms with Gasteiger partial charge in [-0.3, -0.25) is 4.79 Å². The average Bonchev–Trinajstić information content (AvgIpc) is 2.55. The molecule has 2 N–H and O–H groups in total. The lowest BCUT2D eigenvalue weighted by atomic mass is 10.0. The molecule has 4 nitrogen and oxygen atoms in total. The van der Waals surface area contributed by atoms with Crippen molar-refractivity contribution in [3.8, 4) is 6.07 Å². The summed E-state index contributed by atoms with van der Waals surface area (Å²) in [5.41, 5.74) is 1.85. The molecule has 2 aromatic rings. The lowest BCUT2D eigenvalue weighted by Gasteiger charge is -2.18. The van der Waals surface area contributed by atoms with Crippen molar-refractivity contribution in [3.63, 3.8) is 0 Å². The molecule has 2 aromatic carbocycles. The molecule has 0 saturated carbocycles. The molecule has 0 saturated heterocycles. The van der Waals surface area contributed by atoms with Gasteiger partial charge in [0.25, 0.3) is 5.91 Å². The zero-order valence-electron chi connectivity index (χ0n) is 12.4. The first-order valence-electron chi connectivity index (χ1n) is 7.14. The monoisotopic (exact) mass is 294 g/mol. The highest BCUT2D eigenvalue weighted by atomic mass is 16.3. The van der Waals surface area contributed by atoms with Crippen molar-refractivity contribution in [2.45, 2.75) is 25.5 Å². The maximum Gasteiger partial charge on any atom is 0.251 e. The van der Waals surface area contributed by atoms with Crippen molar-refractivity contribution < 1.29 is 9.90 Å². The zero-order chi connectivity index (χ0) is 15.9. The number of aliphatic hydroxyl groups is 1. The number of nitrogens with one attached hydrogen (secondary N) is 1. The number of nitriles is 1. The second-order valence-electron chi connectivity index (χ2n) is 5.23. The Hall–Kier alpha value is -2.64. The number of carbonyl (C=O) groups is 1. The van der Waals surface area contributed by atoms with Crippen LogP contribution in [0.15, 0.2) is 54.6 Å². The van der Waals surface area contributed by atoms with Crippen LogP contribution < -0.4 is 5.32 Å². The Labute approximate surface area is 130 Å². The lowest BCUT2D eigenvalue weighted by Crippen LogP contribution is -2.33. The smallest absolute Gasteiger partial charge is 0.251 e. The van der Waals surface area contributed by atoms with Gasteiger partial charge >= 0.3 is 0 Å². The first-order valence-corrected chi connectivity index (χ1v) is 7.14. The van der Waals surface area contributed by atoms with Crippen molar-refractivity contribution in [2.24, 2.45) is 0 Å². The summed E-state index contributed by atoms with van der Waals surface area (Å²) in [5, 5.41) is 21.7. The van der Waals surface area contributed by atoms with Crippen LogP contribution in [0.4, 0.5) is 0 Å². The molecular formula is C18H18N2O2. The van der Waals surface area contributed by atoms with E-state index in [0.717, 1.165) is 5.56 Å². The highest BCUT2D eigenvalue weighted by Crippen LogP contribution is 2.17. The Bertz CT molecular complexity index is 660. The number of nitrogens with zero attached hydrogens (tertiary/aromatic N) is 1. The third kappa shape index (κ3) is 4.18. The van der Waals surface area contributed by atoms with Crippen molar-refractivity contribution >= 4 is 5.91 Å². The van der Waals surface area contributed by atoms with Crippen LogP contribution in [0.5, 0.6) is 0 Å². The Morgan fingerprint density at radius 2 is 1.82 bits per heavy atom. The topological polar surface area (TPSA) is 73.1 Å². The molecule has 0 fully saturated rings. The molecule has 0 radical (unpaired) electrons. The van der Waals surface area contributed by atoms with E-state index in [1.807, 2.05) is 43.3 Å². The van der Waals surface area contributed by atoms with Gasteiger partial charge in [0.2, 0.25) is 0 Å². The Morgan fingerprint density at radius 3 is 2.41 bits per heavy atom. The Morgan fingerprint density at radius 1 is 1.18 bits per heavy atom. The summed E-state index contributed by atoms with van der Waals surface area (Å²) in [7, 11) is 0. The predicted octanol–water partition coefficient (Wildman–Crippen LogP) is 2.80. The van der Waals surface area contributed by atoms with Gasteiger partial charge in [0.15, 0.2) is 0 Å². The molecular weight excluding hydrogens is 276 g/mol. The van der Waals surface area contributed by atoms with E-state index in [4.69, 9.17) is 5.26 Å². The molecule has 0 heterocycles. The summed E-state index contributed by atoms with van der Waals surface area (Å²) in [5.74, 6) is -0.211. The number of benzene rings is 2. The number of carbonyl (C=O) groups excluding carboxylic acids is 1. The van der Waals surface area contributed by atoms with Gasteiger partial charge in [-0.1, -0.05) is 30.3 Å². The normalized spacial score (nSPS) is 13.0. The van der Waals surface area contributed by atoms with Crippen LogP contribution in [0.3, 0.4) is 0 Å². The highest BCUT2D eigenvalue weighted by Gasteiger charge is 2.15. The average molecular weight is 294 g/mol. The van der Waals surface area contributed by atoms with Gasteiger partial charge in [-0.25, -0.2) is 0 Å². The molecule has 2 unspecified atom stereocenters. The second kappa shape index (κ2) is 7.39. The second-order valence-corrected chi connectivity index (χ2v) is 5.23. The SMILES string of the molecule is CC(CC(O)c1ccccc1)NC(=O)c1ccc(C#N)cc1. The quantitative estimate of drug-likeness (QED) is 0.890. The zero-order valence-corrected chi connectivity index (χ0v) is 12.4. The van der Waals surface area contributed by atoms with Crippen molar-refractivity contribution in [2.75, 3.05) is 0 Å². The van der Waals surface area contributed by atoms with E-state index in [-0.39, 0.29) is 11.9 Å². The van der Waals surface area contributed by atoms with E-state index >= 15 is 0 Å². The largest absolute Gasteiger partial charge is 0.388 e. The van der Waals surface area contributed by atoms with E-state index < -0.39 is 6.10 Å². The molecule has 22 heavy (non-hydrogen) atoms. The van der Waals surface area contributed by atoms with E-state index in [9.17, 15) is 9.90 Å². The van der Waals surface area contributed by atoms with Crippen LogP contribution in [-0.2, 0) is 0 Å². The predicted molar refractivity (Wildman–Crippen MR) is 84.1 cm³/mol. The number of hydrogen-bond donors (Lipinski definition) is 2. The van der Waals surface area contributed by atoms with Gasteiger partial charge in [0.05, 0.1) is 17.7 Å². The van der Waals surface area contributed by atoms with Crippen LogP contribution in [0.1, 0.15) is 40.9 Å². The molecule has 0 aliphatic heterocycles. The van der Waals surface area contributed by atoms with Gasteiger partial charge in [0.1, 0.15) is 0 Å². The molecule has 2 atom stereocenters. The third-order valence-electron chi connectivity index (χ3n) is 3.41. The lowest BCUT2D eigenvalue weighted by molar-refractivity contribution is 0.0917. The first-order chi connectivity index (χ1) is 10.6. The molecule has 2 rings (SSSR count). The van der Waals surface area contributed by atoms with Crippen LogP contribution in [0, 0.1) is 11.3 Å². The molecule has 0 aliphatic rings. The fraction of sp³-hybridized carbons (Fsp3) is 0.222. The van der Waals surface area contributed by atoms with Gasteiger partial charge in [-0.15, -0.1) is 0 Å². The molecule has 1 amide bonds. The van der Waals surface area contributed by atoms with E-state index in [2.05, 4.69) is 5.32 Å². The molecule has 0 aromatic heterocycles. The number of hydrogen-bond acceptors (Lipinski definition) is 3. The minimum absolute atomic E-state index is 0.168. The highest BCUT2D eigenvalue weighted by molar-refractivity contribution is 5.94. The Balaban J connectivity index is 1.92. The van der Waals surface area contributed by atoms with Gasteiger partial charge in [-0.05, 0) is 43.2 Å². The minimum atomic E-state index is -0.613. The van der Waals surface area contributed by atoms with Crippen LogP contribution in [0.25, 0.3) is 0 Å². The van der Waals surface area contributed by atoms with Crippen LogP contribution in [-0.4, -0.2) is 17.1 Å². The van der Waals surface area contributed by atoms with Crippen molar-refractivity contribution in [1.82, 2.24) is 5.32 Å². The number of amides is 1. The maximum absolute atomic E-state index is 12.1. The number of rotatable bonds is 5. The summed E-state index contributed by atoms with van der Waals surface area (Å²) >= 11 is 0. The minimum Gasteiger partial charge on any atom is -0.388 e. The third-order valence-corrected chi connectivity index (χ3v) is 3.41. The summed E-state index contributed by atoms with van der Waals surface area (Å²) in [6.45, 7) is 1.85. The fourth-order valence-corrected chi connectivity index (χ4v) is 2.21. The Kier molecular flexibility index (Phi) is 5.29. The fourth-order valence-electron chi connectivity index (χ4n) is 2.21. The molecule has 4 heteroatoms. The summed E-state index contributed by atoms with van der Waals surface area (Å²) < 4.78 is 0. The van der Waals surface area contributed by atoms with Crippen LogP contribution >= 0.6 is 0 Å². The van der Waals surface area contributed by atoms with E-state index in [1.54, 1.807) is 24.3 Å². The molecule has 0 bridgehead atoms. The van der Waals surface area contributed by atoms with E-state index in [1.165, 1.54) is 0 Å². The van der Waals surface area contributed by atoms with Crippen molar-refractivity contribution in [3.05, 3.63) is 71.3 Å². The maximum atomic E-state index is 12.1. The standard InChI is InChI=1S/C18H18N2O2/c1-13(11-17(21)15-5-3-2-4-6-15)20-18(22)16-9-7-14(12-19)8-10-16/h2-10,13,17,21H,11H2,1H3,(H,20,22).